The fourth-order valence-corrected chi connectivity index (χ4v) is 2.31. The Labute approximate surface area is 96.9 Å². The number of piperidine rings is 1. The van der Waals surface area contributed by atoms with Crippen LogP contribution >= 0.6 is 12.2 Å². The van der Waals surface area contributed by atoms with E-state index in [-0.39, 0.29) is 0 Å². The fraction of sp³-hybridized carbons (Fsp3) is 0.462. The molecular weight excluding hydrogens is 202 g/mol. The minimum Gasteiger partial charge on any atom is -0.317 e. The summed E-state index contributed by atoms with van der Waals surface area (Å²) in [6, 6.07) is 8.65. The van der Waals surface area contributed by atoms with Crippen molar-refractivity contribution >= 4 is 17.6 Å². The maximum absolute atomic E-state index is 4.89. The molecule has 1 aliphatic rings. The highest BCUT2D eigenvalue weighted by atomic mass is 32.1. The molecule has 0 spiro atoms. The Bertz CT molecular complexity index is 312. The predicted octanol–water partition coefficient (Wildman–Crippen LogP) is 2.58. The largest absolute Gasteiger partial charge is 0.317 e. The first-order valence-electron chi connectivity index (χ1n) is 5.63. The van der Waals surface area contributed by atoms with Crippen LogP contribution in [0.25, 0.3) is 0 Å². The van der Waals surface area contributed by atoms with E-state index in [4.69, 9.17) is 12.2 Å². The Morgan fingerprint density at radius 1 is 1.20 bits per heavy atom. The quantitative estimate of drug-likeness (QED) is 0.784. The van der Waals surface area contributed by atoms with Crippen LogP contribution in [0, 0.1) is 5.92 Å². The summed E-state index contributed by atoms with van der Waals surface area (Å²) < 4.78 is 0. The Balaban J connectivity index is 1.94. The van der Waals surface area contributed by atoms with Gasteiger partial charge >= 0.3 is 0 Å². The molecule has 0 radical (unpaired) electrons. The molecule has 0 atom stereocenters. The Morgan fingerprint density at radius 2 is 1.87 bits per heavy atom. The van der Waals surface area contributed by atoms with E-state index in [2.05, 4.69) is 29.6 Å². The lowest BCUT2D eigenvalue weighted by Gasteiger charge is -2.22. The number of hydrogen-bond donors (Lipinski definition) is 1. The molecule has 1 saturated heterocycles. The lowest BCUT2D eigenvalue weighted by Crippen LogP contribution is -2.28. The van der Waals surface area contributed by atoms with Crippen molar-refractivity contribution in [3.8, 4) is 0 Å². The third kappa shape index (κ3) is 3.11. The van der Waals surface area contributed by atoms with Crippen LogP contribution in [-0.2, 0) is 6.42 Å². The van der Waals surface area contributed by atoms with Crippen LogP contribution in [0.5, 0.6) is 0 Å². The zero-order valence-electron chi connectivity index (χ0n) is 8.91. The first kappa shape index (κ1) is 10.8. The van der Waals surface area contributed by atoms with Gasteiger partial charge in [-0.25, -0.2) is 0 Å². The minimum atomic E-state index is 0.865. The summed E-state index contributed by atoms with van der Waals surface area (Å²) in [6.45, 7) is 2.37. The number of nitrogens with one attached hydrogen (secondary N) is 1. The number of benzene rings is 1. The minimum absolute atomic E-state index is 0.865. The molecule has 1 aromatic carbocycles. The Kier molecular flexibility index (Phi) is 3.87. The van der Waals surface area contributed by atoms with E-state index in [1.807, 2.05) is 0 Å². The van der Waals surface area contributed by atoms with Crippen molar-refractivity contribution < 1.29 is 0 Å². The second-order valence-corrected chi connectivity index (χ2v) is 4.49. The van der Waals surface area contributed by atoms with E-state index in [9.17, 15) is 0 Å². The Morgan fingerprint density at radius 3 is 2.47 bits per heavy atom. The third-order valence-corrected chi connectivity index (χ3v) is 3.37. The van der Waals surface area contributed by atoms with Gasteiger partial charge in [0.05, 0.1) is 0 Å². The molecule has 1 heterocycles. The van der Waals surface area contributed by atoms with Crippen LogP contribution in [0.1, 0.15) is 24.0 Å². The Hall–Kier alpha value is -0.730. The van der Waals surface area contributed by atoms with Crippen LogP contribution < -0.4 is 5.32 Å². The van der Waals surface area contributed by atoms with Gasteiger partial charge in [-0.05, 0) is 49.4 Å². The fourth-order valence-electron chi connectivity index (χ4n) is 2.15. The highest BCUT2D eigenvalue weighted by Gasteiger charge is 2.12. The molecule has 15 heavy (non-hydrogen) atoms. The van der Waals surface area contributed by atoms with Crippen LogP contribution in [-0.4, -0.2) is 18.5 Å². The molecule has 0 saturated carbocycles. The van der Waals surface area contributed by atoms with Crippen LogP contribution in [0.3, 0.4) is 0 Å². The average molecular weight is 219 g/mol. The maximum atomic E-state index is 4.89. The summed E-state index contributed by atoms with van der Waals surface area (Å²) in [5, 5.41) is 5.13. The molecule has 0 bridgehead atoms. The van der Waals surface area contributed by atoms with Gasteiger partial charge in [0.15, 0.2) is 0 Å². The molecule has 2 heteroatoms. The summed E-state index contributed by atoms with van der Waals surface area (Å²) >= 11 is 4.89. The van der Waals surface area contributed by atoms with Crippen molar-refractivity contribution in [1.82, 2.24) is 5.32 Å². The molecule has 0 aliphatic carbocycles. The summed E-state index contributed by atoms with van der Waals surface area (Å²) in [6.07, 6.45) is 3.85. The van der Waals surface area contributed by atoms with Crippen LogP contribution in [0.2, 0.25) is 0 Å². The molecule has 1 N–H and O–H groups in total. The van der Waals surface area contributed by atoms with Crippen molar-refractivity contribution in [3.63, 3.8) is 0 Å². The molecule has 0 aromatic heterocycles. The summed E-state index contributed by atoms with van der Waals surface area (Å²) in [5.41, 5.74) is 2.58. The van der Waals surface area contributed by atoms with E-state index < -0.39 is 0 Å². The normalized spacial score (nSPS) is 17.6. The van der Waals surface area contributed by atoms with Gasteiger partial charge in [0, 0.05) is 5.37 Å². The highest BCUT2D eigenvalue weighted by Crippen LogP contribution is 2.18. The van der Waals surface area contributed by atoms with Gasteiger partial charge in [0.25, 0.3) is 0 Å². The van der Waals surface area contributed by atoms with Crippen LogP contribution in [0.4, 0.5) is 0 Å². The first-order chi connectivity index (χ1) is 7.38. The smallest absolute Gasteiger partial charge is 0.00861 e. The molecule has 2 rings (SSSR count). The molecule has 1 aliphatic heterocycles. The molecule has 1 aromatic rings. The SMILES string of the molecule is S=Cc1ccc(CC2CCNCC2)cc1. The third-order valence-electron chi connectivity index (χ3n) is 3.10. The molecule has 1 fully saturated rings. The van der Waals surface area contributed by atoms with Crippen molar-refractivity contribution in [2.75, 3.05) is 13.1 Å². The van der Waals surface area contributed by atoms with E-state index in [0.29, 0.717) is 0 Å². The van der Waals surface area contributed by atoms with E-state index >= 15 is 0 Å². The van der Waals surface area contributed by atoms with E-state index in [0.717, 1.165) is 11.5 Å². The van der Waals surface area contributed by atoms with Gasteiger partial charge in [-0.2, -0.15) is 0 Å². The van der Waals surface area contributed by atoms with Gasteiger partial charge in [-0.15, -0.1) is 0 Å². The van der Waals surface area contributed by atoms with Crippen LogP contribution in [0.15, 0.2) is 24.3 Å². The molecule has 0 unspecified atom stereocenters. The predicted molar refractivity (Wildman–Crippen MR) is 68.5 cm³/mol. The topological polar surface area (TPSA) is 12.0 Å². The zero-order valence-corrected chi connectivity index (χ0v) is 9.72. The lowest BCUT2D eigenvalue weighted by molar-refractivity contribution is 0.372. The first-order valence-corrected chi connectivity index (χ1v) is 6.10. The monoisotopic (exact) mass is 219 g/mol. The van der Waals surface area contributed by atoms with Crippen molar-refractivity contribution in [2.45, 2.75) is 19.3 Å². The summed E-state index contributed by atoms with van der Waals surface area (Å²) in [7, 11) is 0. The second kappa shape index (κ2) is 5.38. The molecule has 1 nitrogen and oxygen atoms in total. The van der Waals surface area contributed by atoms with Crippen molar-refractivity contribution in [3.05, 3.63) is 35.4 Å². The van der Waals surface area contributed by atoms with Gasteiger partial charge < -0.3 is 5.32 Å². The van der Waals surface area contributed by atoms with Crippen molar-refractivity contribution in [1.29, 1.82) is 0 Å². The number of thiocarbonyl (C=S) groups is 1. The average Bonchev–Trinajstić information content (AvgIpc) is 2.31. The summed E-state index contributed by atoms with van der Waals surface area (Å²) in [4.78, 5) is 0. The number of hydrogen-bond acceptors (Lipinski definition) is 2. The molecule has 0 amide bonds. The standard InChI is InChI=1S/C13H17NS/c15-10-13-3-1-11(2-4-13)9-12-5-7-14-8-6-12/h1-4,10,12,14H,5-9H2. The lowest BCUT2D eigenvalue weighted by atomic mass is 9.91. The van der Waals surface area contributed by atoms with Gasteiger partial charge in [0.1, 0.15) is 0 Å². The molecule has 80 valence electrons. The zero-order chi connectivity index (χ0) is 10.5. The maximum Gasteiger partial charge on any atom is 0.00861 e. The van der Waals surface area contributed by atoms with Gasteiger partial charge in [-0.1, -0.05) is 36.5 Å². The van der Waals surface area contributed by atoms with Gasteiger partial charge in [0.2, 0.25) is 0 Å². The molecular formula is C13H17NS. The second-order valence-electron chi connectivity index (χ2n) is 4.26. The van der Waals surface area contributed by atoms with Crippen molar-refractivity contribution in [2.24, 2.45) is 5.92 Å². The van der Waals surface area contributed by atoms with E-state index in [1.54, 1.807) is 5.37 Å². The number of rotatable bonds is 3. The summed E-state index contributed by atoms with van der Waals surface area (Å²) in [5.74, 6) is 0.865. The highest BCUT2D eigenvalue weighted by molar-refractivity contribution is 7.79. The van der Waals surface area contributed by atoms with E-state index in [1.165, 1.54) is 37.9 Å². The van der Waals surface area contributed by atoms with Gasteiger partial charge in [-0.3, -0.25) is 0 Å².